The summed E-state index contributed by atoms with van der Waals surface area (Å²) in [6.07, 6.45) is -13.6. The van der Waals surface area contributed by atoms with Crippen molar-refractivity contribution in [2.24, 2.45) is 0 Å². The zero-order valence-electron chi connectivity index (χ0n) is 24.1. The van der Waals surface area contributed by atoms with Crippen molar-refractivity contribution in [2.45, 2.75) is 104 Å². The van der Waals surface area contributed by atoms with Crippen LogP contribution in [0.4, 0.5) is 0 Å². The minimum absolute atomic E-state index is 0.427. The van der Waals surface area contributed by atoms with E-state index in [4.69, 9.17) is 47.4 Å². The van der Waals surface area contributed by atoms with Crippen molar-refractivity contribution in [1.29, 1.82) is 0 Å². The van der Waals surface area contributed by atoms with Crippen LogP contribution in [-0.4, -0.2) is 110 Å². The predicted molar refractivity (Wildman–Crippen MR) is 129 cm³/mol. The van der Waals surface area contributed by atoms with Gasteiger partial charge in [-0.05, 0) is 0 Å². The molecule has 0 aromatic heterocycles. The fraction of sp³-hybridized carbons (Fsp3) is 0.720. The molecular weight excluding hydrogens is 572 g/mol. The SMILES string of the molecule is CC(=O)OC[C@H]1O[C@@H](OC(C)=O)[C@H](OC(C)=O)[C@@H](O[C@@H]2OC[C@@H](OC(C)=O)[C@H](OC(C)=O)[C@H]2OC(C)=O)[C@@H]1OC(C)=O. The first-order chi connectivity index (χ1) is 19.6. The molecule has 236 valence electrons. The third-order valence-corrected chi connectivity index (χ3v) is 5.52. The third kappa shape index (κ3) is 10.2. The summed E-state index contributed by atoms with van der Waals surface area (Å²) in [6, 6.07) is 0. The van der Waals surface area contributed by atoms with Gasteiger partial charge in [0.05, 0.1) is 6.61 Å². The van der Waals surface area contributed by atoms with E-state index < -0.39 is 110 Å². The molecule has 17 nitrogen and oxygen atoms in total. The van der Waals surface area contributed by atoms with E-state index in [0.29, 0.717) is 0 Å². The van der Waals surface area contributed by atoms with Crippen LogP contribution in [0.5, 0.6) is 0 Å². The van der Waals surface area contributed by atoms with E-state index >= 15 is 0 Å². The van der Waals surface area contributed by atoms with Gasteiger partial charge in [0.25, 0.3) is 0 Å². The van der Waals surface area contributed by atoms with E-state index in [1.165, 1.54) is 0 Å². The van der Waals surface area contributed by atoms with Crippen LogP contribution in [0.3, 0.4) is 0 Å². The summed E-state index contributed by atoms with van der Waals surface area (Å²) < 4.78 is 54.3. The van der Waals surface area contributed by atoms with E-state index in [2.05, 4.69) is 0 Å². The Morgan fingerprint density at radius 1 is 0.524 bits per heavy atom. The number of carbonyl (C=O) groups is 7. The first kappa shape index (κ1) is 34.4. The number of hydrogen-bond acceptors (Lipinski definition) is 17. The Morgan fingerprint density at radius 2 is 0.976 bits per heavy atom. The van der Waals surface area contributed by atoms with Gasteiger partial charge in [0.15, 0.2) is 36.8 Å². The molecule has 0 amide bonds. The quantitative estimate of drug-likeness (QED) is 0.221. The molecule has 0 unspecified atom stereocenters. The van der Waals surface area contributed by atoms with Crippen molar-refractivity contribution in [2.75, 3.05) is 13.2 Å². The summed E-state index contributed by atoms with van der Waals surface area (Å²) in [7, 11) is 0. The van der Waals surface area contributed by atoms with Crippen LogP contribution in [0.1, 0.15) is 48.5 Å². The first-order valence-corrected chi connectivity index (χ1v) is 12.7. The highest BCUT2D eigenvalue weighted by molar-refractivity contribution is 5.69. The number of ether oxygens (including phenoxy) is 10. The van der Waals surface area contributed by atoms with Gasteiger partial charge in [0.1, 0.15) is 18.8 Å². The second-order valence-corrected chi connectivity index (χ2v) is 9.20. The van der Waals surface area contributed by atoms with E-state index in [0.717, 1.165) is 48.5 Å². The highest BCUT2D eigenvalue weighted by Crippen LogP contribution is 2.34. The molecule has 0 aromatic carbocycles. The summed E-state index contributed by atoms with van der Waals surface area (Å²) in [5.41, 5.74) is 0. The number of hydrogen-bond donors (Lipinski definition) is 0. The van der Waals surface area contributed by atoms with Gasteiger partial charge in [-0.3, -0.25) is 33.6 Å². The lowest BCUT2D eigenvalue weighted by atomic mass is 9.97. The minimum atomic E-state index is -1.67. The summed E-state index contributed by atoms with van der Waals surface area (Å²) in [6.45, 7) is 6.50. The van der Waals surface area contributed by atoms with Gasteiger partial charge in [-0.15, -0.1) is 0 Å². The lowest BCUT2D eigenvalue weighted by molar-refractivity contribution is -0.346. The number of esters is 7. The molecule has 2 rings (SSSR count). The lowest BCUT2D eigenvalue weighted by Crippen LogP contribution is -2.66. The Kier molecular flexibility index (Phi) is 12.6. The van der Waals surface area contributed by atoms with E-state index in [-0.39, 0.29) is 0 Å². The van der Waals surface area contributed by atoms with Gasteiger partial charge < -0.3 is 47.4 Å². The van der Waals surface area contributed by atoms with Gasteiger partial charge >= 0.3 is 41.8 Å². The smallest absolute Gasteiger partial charge is 0.305 e. The third-order valence-electron chi connectivity index (χ3n) is 5.52. The van der Waals surface area contributed by atoms with E-state index in [1.54, 1.807) is 0 Å². The van der Waals surface area contributed by atoms with E-state index in [1.807, 2.05) is 0 Å². The molecule has 17 heteroatoms. The van der Waals surface area contributed by atoms with Gasteiger partial charge in [-0.25, -0.2) is 0 Å². The van der Waals surface area contributed by atoms with Crippen LogP contribution in [0.2, 0.25) is 0 Å². The average molecular weight is 607 g/mol. The number of rotatable bonds is 10. The van der Waals surface area contributed by atoms with Gasteiger partial charge in [-0.2, -0.15) is 0 Å². The maximum absolute atomic E-state index is 12.1. The summed E-state index contributed by atoms with van der Waals surface area (Å²) >= 11 is 0. The normalized spacial score (nSPS) is 30.6. The van der Waals surface area contributed by atoms with Crippen molar-refractivity contribution in [3.8, 4) is 0 Å². The number of carbonyl (C=O) groups excluding carboxylic acids is 7. The molecule has 2 saturated heterocycles. The van der Waals surface area contributed by atoms with Crippen molar-refractivity contribution in [3.05, 3.63) is 0 Å². The molecule has 0 aromatic rings. The summed E-state index contributed by atoms with van der Waals surface area (Å²) in [5.74, 6) is -5.78. The van der Waals surface area contributed by atoms with Crippen molar-refractivity contribution >= 4 is 41.8 Å². The fourth-order valence-electron chi connectivity index (χ4n) is 4.26. The van der Waals surface area contributed by atoms with Crippen LogP contribution < -0.4 is 0 Å². The molecule has 0 N–H and O–H groups in total. The Hall–Kier alpha value is -3.83. The second-order valence-electron chi connectivity index (χ2n) is 9.20. The molecule has 2 heterocycles. The first-order valence-electron chi connectivity index (χ1n) is 12.7. The average Bonchev–Trinajstić information content (AvgIpc) is 2.83. The topological polar surface area (TPSA) is 212 Å². The molecule has 0 aliphatic carbocycles. The van der Waals surface area contributed by atoms with Crippen LogP contribution >= 0.6 is 0 Å². The Morgan fingerprint density at radius 3 is 1.45 bits per heavy atom. The highest BCUT2D eigenvalue weighted by Gasteiger charge is 2.56. The minimum Gasteiger partial charge on any atom is -0.463 e. The Bertz CT molecular complexity index is 1040. The molecule has 2 aliphatic heterocycles. The van der Waals surface area contributed by atoms with E-state index in [9.17, 15) is 33.6 Å². The van der Waals surface area contributed by atoms with Crippen molar-refractivity contribution < 1.29 is 80.9 Å². The van der Waals surface area contributed by atoms with Gasteiger partial charge in [0, 0.05) is 48.5 Å². The molecule has 0 saturated carbocycles. The lowest BCUT2D eigenvalue weighted by Gasteiger charge is -2.47. The monoisotopic (exact) mass is 606 g/mol. The van der Waals surface area contributed by atoms with Crippen molar-refractivity contribution in [3.63, 3.8) is 0 Å². The predicted octanol–water partition coefficient (Wildman–Crippen LogP) is -0.762. The second kappa shape index (κ2) is 15.4. The molecule has 0 radical (unpaired) electrons. The molecule has 0 bridgehead atoms. The fourth-order valence-corrected chi connectivity index (χ4v) is 4.26. The Balaban J connectivity index is 2.60. The van der Waals surface area contributed by atoms with Crippen LogP contribution in [0.15, 0.2) is 0 Å². The van der Waals surface area contributed by atoms with Crippen LogP contribution in [-0.2, 0) is 80.9 Å². The molecule has 0 spiro atoms. The summed E-state index contributed by atoms with van der Waals surface area (Å²) in [4.78, 5) is 83.3. The molecular formula is C25H34O17. The summed E-state index contributed by atoms with van der Waals surface area (Å²) in [5, 5.41) is 0. The molecule has 2 fully saturated rings. The molecule has 9 atom stereocenters. The van der Waals surface area contributed by atoms with Crippen molar-refractivity contribution in [1.82, 2.24) is 0 Å². The van der Waals surface area contributed by atoms with Gasteiger partial charge in [-0.1, -0.05) is 0 Å². The maximum Gasteiger partial charge on any atom is 0.305 e. The molecule has 42 heavy (non-hydrogen) atoms. The largest absolute Gasteiger partial charge is 0.463 e. The standard InChI is InChI=1S/C25H34O17/c1-10(26)33-8-18-19(36-12(3)28)21(23(39-15(6)31)25(41-18)40-16(7)32)42-24-22(38-14(5)30)20(37-13(4)29)17(9-34-24)35-11(2)27/h17-25H,8-9H2,1-7H3/t17-,18-,19-,20+,21+,22-,23-,24+,25-/m1/s1. The molecule has 2 aliphatic rings. The maximum atomic E-state index is 12.1. The Labute approximate surface area is 240 Å². The zero-order chi connectivity index (χ0) is 31.7. The van der Waals surface area contributed by atoms with Crippen LogP contribution in [0.25, 0.3) is 0 Å². The van der Waals surface area contributed by atoms with Crippen LogP contribution in [0, 0.1) is 0 Å². The zero-order valence-corrected chi connectivity index (χ0v) is 24.1. The highest BCUT2D eigenvalue weighted by atomic mass is 16.8. The van der Waals surface area contributed by atoms with Gasteiger partial charge in [0.2, 0.25) is 6.29 Å².